The molecule has 1 aromatic heterocycles. The molecule has 2 rings (SSSR count). The summed E-state index contributed by atoms with van der Waals surface area (Å²) in [4.78, 5) is 4.19. The van der Waals surface area contributed by atoms with Crippen LogP contribution in [0.25, 0.3) is 0 Å². The van der Waals surface area contributed by atoms with Gasteiger partial charge in [0, 0.05) is 17.5 Å². The molecule has 0 aliphatic heterocycles. The van der Waals surface area contributed by atoms with E-state index in [0.29, 0.717) is 11.5 Å². The summed E-state index contributed by atoms with van der Waals surface area (Å²) in [6.07, 6.45) is 0.980. The van der Waals surface area contributed by atoms with Crippen molar-refractivity contribution in [2.45, 2.75) is 13.0 Å². The van der Waals surface area contributed by atoms with Crippen molar-refractivity contribution in [1.29, 1.82) is 0 Å². The highest BCUT2D eigenvalue weighted by Crippen LogP contribution is 2.32. The highest BCUT2D eigenvalue weighted by Gasteiger charge is 2.15. The fourth-order valence-electron chi connectivity index (χ4n) is 1.99. The summed E-state index contributed by atoms with van der Waals surface area (Å²) in [7, 11) is 3.16. The van der Waals surface area contributed by atoms with Crippen molar-refractivity contribution >= 4 is 0 Å². The van der Waals surface area contributed by atoms with E-state index >= 15 is 0 Å². The molecule has 1 heterocycles. The number of aromatic nitrogens is 1. The van der Waals surface area contributed by atoms with Crippen molar-refractivity contribution in [1.82, 2.24) is 4.98 Å². The Balaban J connectivity index is 2.39. The van der Waals surface area contributed by atoms with Crippen LogP contribution in [-0.2, 0) is 0 Å². The third-order valence-corrected chi connectivity index (χ3v) is 3.07. The number of aryl methyl sites for hydroxylation is 1. The molecule has 0 fully saturated rings. The molecule has 0 aliphatic carbocycles. The lowest BCUT2D eigenvalue weighted by atomic mass is 10.00. The minimum Gasteiger partial charge on any atom is -0.493 e. The molecule has 0 amide bonds. The number of methoxy groups -OCH3 is 2. The first-order chi connectivity index (χ1) is 9.17. The first-order valence-corrected chi connectivity index (χ1v) is 5.99. The molecule has 0 aliphatic rings. The van der Waals surface area contributed by atoms with E-state index in [1.54, 1.807) is 32.5 Å². The van der Waals surface area contributed by atoms with Crippen LogP contribution in [0.1, 0.15) is 22.9 Å². The molecule has 0 saturated carbocycles. The van der Waals surface area contributed by atoms with Gasteiger partial charge in [0.25, 0.3) is 0 Å². The molecule has 19 heavy (non-hydrogen) atoms. The zero-order chi connectivity index (χ0) is 13.8. The van der Waals surface area contributed by atoms with Crippen molar-refractivity contribution in [2.75, 3.05) is 14.2 Å². The van der Waals surface area contributed by atoms with Crippen LogP contribution in [0.3, 0.4) is 0 Å². The Hall–Kier alpha value is -2.07. The fraction of sp³-hybridized carbons (Fsp3) is 0.267. The van der Waals surface area contributed by atoms with Gasteiger partial charge in [0.2, 0.25) is 0 Å². The van der Waals surface area contributed by atoms with E-state index in [9.17, 15) is 5.11 Å². The van der Waals surface area contributed by atoms with Gasteiger partial charge in [0.1, 0.15) is 6.10 Å². The van der Waals surface area contributed by atoms with Gasteiger partial charge in [0.05, 0.1) is 14.2 Å². The van der Waals surface area contributed by atoms with Gasteiger partial charge in [-0.2, -0.15) is 0 Å². The number of rotatable bonds is 4. The Morgan fingerprint density at radius 2 is 1.84 bits per heavy atom. The molecule has 4 heteroatoms. The first kappa shape index (κ1) is 13.4. The van der Waals surface area contributed by atoms with Crippen LogP contribution in [0.15, 0.2) is 36.5 Å². The lowest BCUT2D eigenvalue weighted by Crippen LogP contribution is -2.04. The Labute approximate surface area is 112 Å². The molecule has 0 spiro atoms. The van der Waals surface area contributed by atoms with E-state index in [1.165, 1.54) is 0 Å². The summed E-state index contributed by atoms with van der Waals surface area (Å²) < 4.78 is 10.4. The molecule has 1 aromatic carbocycles. The van der Waals surface area contributed by atoms with Crippen LogP contribution in [0.4, 0.5) is 0 Å². The van der Waals surface area contributed by atoms with Crippen molar-refractivity contribution < 1.29 is 14.6 Å². The van der Waals surface area contributed by atoms with Crippen LogP contribution in [0, 0.1) is 6.92 Å². The molecule has 1 N–H and O–H groups in total. The lowest BCUT2D eigenvalue weighted by Gasteiger charge is -2.15. The largest absolute Gasteiger partial charge is 0.493 e. The molecular formula is C15H17NO3. The van der Waals surface area contributed by atoms with Gasteiger partial charge >= 0.3 is 0 Å². The standard InChI is InChI=1S/C15H17NO3/c1-10-12(5-4-8-16-10)15(17)11-6-7-13(18-2)14(9-11)19-3/h4-9,15,17H,1-3H3. The Bertz CT molecular complexity index is 569. The van der Waals surface area contributed by atoms with E-state index < -0.39 is 6.10 Å². The number of aliphatic hydroxyl groups excluding tert-OH is 1. The molecule has 0 saturated heterocycles. The maximum Gasteiger partial charge on any atom is 0.161 e. The van der Waals surface area contributed by atoms with Gasteiger partial charge in [-0.05, 0) is 30.7 Å². The summed E-state index contributed by atoms with van der Waals surface area (Å²) in [5, 5.41) is 10.4. The number of benzene rings is 1. The molecule has 1 atom stereocenters. The molecular weight excluding hydrogens is 242 g/mol. The van der Waals surface area contributed by atoms with Gasteiger partial charge < -0.3 is 14.6 Å². The zero-order valence-electron chi connectivity index (χ0n) is 11.3. The van der Waals surface area contributed by atoms with Crippen molar-refractivity contribution in [3.63, 3.8) is 0 Å². The van der Waals surface area contributed by atoms with Crippen LogP contribution in [0.2, 0.25) is 0 Å². The van der Waals surface area contributed by atoms with Crippen LogP contribution < -0.4 is 9.47 Å². The number of pyridine rings is 1. The van der Waals surface area contributed by atoms with Crippen molar-refractivity contribution in [2.24, 2.45) is 0 Å². The number of nitrogens with zero attached hydrogens (tertiary/aromatic N) is 1. The fourth-order valence-corrected chi connectivity index (χ4v) is 1.99. The van der Waals surface area contributed by atoms with Gasteiger partial charge in [-0.15, -0.1) is 0 Å². The van der Waals surface area contributed by atoms with Gasteiger partial charge in [-0.1, -0.05) is 12.1 Å². The zero-order valence-corrected chi connectivity index (χ0v) is 11.3. The topological polar surface area (TPSA) is 51.6 Å². The van der Waals surface area contributed by atoms with E-state index in [2.05, 4.69) is 4.98 Å². The normalized spacial score (nSPS) is 12.0. The monoisotopic (exact) mass is 259 g/mol. The number of aliphatic hydroxyl groups is 1. The highest BCUT2D eigenvalue weighted by atomic mass is 16.5. The Morgan fingerprint density at radius 1 is 1.11 bits per heavy atom. The van der Waals surface area contributed by atoms with Gasteiger partial charge in [-0.25, -0.2) is 0 Å². The number of ether oxygens (including phenoxy) is 2. The van der Waals surface area contributed by atoms with E-state index in [1.807, 2.05) is 25.1 Å². The molecule has 1 unspecified atom stereocenters. The second kappa shape index (κ2) is 5.71. The van der Waals surface area contributed by atoms with Crippen molar-refractivity contribution in [3.05, 3.63) is 53.3 Å². The molecule has 0 bridgehead atoms. The van der Waals surface area contributed by atoms with Gasteiger partial charge in [-0.3, -0.25) is 4.98 Å². The third-order valence-electron chi connectivity index (χ3n) is 3.07. The highest BCUT2D eigenvalue weighted by molar-refractivity contribution is 5.45. The summed E-state index contributed by atoms with van der Waals surface area (Å²) >= 11 is 0. The third kappa shape index (κ3) is 2.69. The SMILES string of the molecule is COc1ccc(C(O)c2cccnc2C)cc1OC. The van der Waals surface area contributed by atoms with Crippen molar-refractivity contribution in [3.8, 4) is 11.5 Å². The predicted octanol–water partition coefficient (Wildman–Crippen LogP) is 2.49. The molecule has 4 nitrogen and oxygen atoms in total. The summed E-state index contributed by atoms with van der Waals surface area (Å²) in [5.41, 5.74) is 2.34. The van der Waals surface area contributed by atoms with E-state index in [0.717, 1.165) is 16.8 Å². The lowest BCUT2D eigenvalue weighted by molar-refractivity contribution is 0.218. The second-order valence-electron chi connectivity index (χ2n) is 4.19. The Kier molecular flexibility index (Phi) is 4.02. The van der Waals surface area contributed by atoms with Crippen LogP contribution in [0.5, 0.6) is 11.5 Å². The average Bonchev–Trinajstić information content (AvgIpc) is 2.46. The quantitative estimate of drug-likeness (QED) is 0.916. The van der Waals surface area contributed by atoms with Gasteiger partial charge in [0.15, 0.2) is 11.5 Å². The summed E-state index contributed by atoms with van der Waals surface area (Å²) in [5.74, 6) is 1.24. The van der Waals surface area contributed by atoms with E-state index in [-0.39, 0.29) is 0 Å². The second-order valence-corrected chi connectivity index (χ2v) is 4.19. The molecule has 0 radical (unpaired) electrons. The minimum atomic E-state index is -0.728. The maximum absolute atomic E-state index is 10.4. The minimum absolute atomic E-state index is 0.598. The predicted molar refractivity (Wildman–Crippen MR) is 72.6 cm³/mol. The number of hydrogen-bond donors (Lipinski definition) is 1. The maximum atomic E-state index is 10.4. The summed E-state index contributed by atoms with van der Waals surface area (Å²) in [6, 6.07) is 9.05. The summed E-state index contributed by atoms with van der Waals surface area (Å²) in [6.45, 7) is 1.87. The molecule has 100 valence electrons. The molecule has 2 aromatic rings. The smallest absolute Gasteiger partial charge is 0.161 e. The number of hydrogen-bond acceptors (Lipinski definition) is 4. The Morgan fingerprint density at radius 3 is 2.47 bits per heavy atom. The first-order valence-electron chi connectivity index (χ1n) is 5.99. The van der Waals surface area contributed by atoms with Crippen LogP contribution in [-0.4, -0.2) is 24.3 Å². The average molecular weight is 259 g/mol. The van der Waals surface area contributed by atoms with Crippen LogP contribution >= 0.6 is 0 Å². The van der Waals surface area contributed by atoms with E-state index in [4.69, 9.17) is 9.47 Å².